The van der Waals surface area contributed by atoms with E-state index < -0.39 is 18.1 Å². The van der Waals surface area contributed by atoms with Gasteiger partial charge >= 0.3 is 12.1 Å². The van der Waals surface area contributed by atoms with Crippen LogP contribution in [0, 0.1) is 0 Å². The number of nitrogens with one attached hydrogen (secondary N) is 2. The standard InChI is InChI=1S/C28H28N2O5/c1-2-24(27(33)29-25-14-8-3-9-18(25)15-16-26(31)32)30-28(34)35-17-23-21-12-6-4-10-19(21)20-11-5-7-13-22(20)23/h3-14,23-24H,2,15-17H2,1H3,(H,29,33)(H,30,34)(H,31,32). The van der Waals surface area contributed by atoms with E-state index in [0.29, 0.717) is 18.5 Å². The molecule has 4 rings (SSSR count). The van der Waals surface area contributed by atoms with Crippen molar-refractivity contribution in [2.24, 2.45) is 0 Å². The van der Waals surface area contributed by atoms with Crippen molar-refractivity contribution < 1.29 is 24.2 Å². The second kappa shape index (κ2) is 10.9. The number of benzene rings is 3. The second-order valence-corrected chi connectivity index (χ2v) is 8.47. The molecule has 0 fully saturated rings. The van der Waals surface area contributed by atoms with Crippen LogP contribution >= 0.6 is 0 Å². The fourth-order valence-corrected chi connectivity index (χ4v) is 4.46. The molecule has 1 aliphatic rings. The molecule has 0 saturated heterocycles. The van der Waals surface area contributed by atoms with Gasteiger partial charge in [0.2, 0.25) is 5.91 Å². The monoisotopic (exact) mass is 472 g/mol. The van der Waals surface area contributed by atoms with E-state index in [-0.39, 0.29) is 24.9 Å². The predicted octanol–water partition coefficient (Wildman–Crippen LogP) is 4.96. The van der Waals surface area contributed by atoms with Crippen LogP contribution < -0.4 is 10.6 Å². The third kappa shape index (κ3) is 5.51. The number of carbonyl (C=O) groups is 3. The van der Waals surface area contributed by atoms with Gasteiger partial charge in [-0.25, -0.2) is 4.79 Å². The molecule has 0 saturated carbocycles. The van der Waals surface area contributed by atoms with Gasteiger partial charge in [0.15, 0.2) is 0 Å². The Morgan fingerprint density at radius 2 is 1.51 bits per heavy atom. The topological polar surface area (TPSA) is 105 Å². The van der Waals surface area contributed by atoms with Gasteiger partial charge in [-0.05, 0) is 46.7 Å². The van der Waals surface area contributed by atoms with Crippen molar-refractivity contribution in [3.63, 3.8) is 0 Å². The van der Waals surface area contributed by atoms with E-state index in [2.05, 4.69) is 22.8 Å². The molecular formula is C28H28N2O5. The molecule has 0 aromatic heterocycles. The van der Waals surface area contributed by atoms with Gasteiger partial charge < -0.3 is 20.5 Å². The number of fused-ring (bicyclic) bond motifs is 3. The zero-order valence-electron chi connectivity index (χ0n) is 19.5. The van der Waals surface area contributed by atoms with Crippen LogP contribution in [-0.2, 0) is 20.7 Å². The Morgan fingerprint density at radius 1 is 0.914 bits per heavy atom. The van der Waals surface area contributed by atoms with Crippen LogP contribution in [0.15, 0.2) is 72.8 Å². The number of para-hydroxylation sites is 1. The minimum atomic E-state index is -0.908. The van der Waals surface area contributed by atoms with Crippen molar-refractivity contribution in [3.05, 3.63) is 89.5 Å². The zero-order valence-corrected chi connectivity index (χ0v) is 19.5. The lowest BCUT2D eigenvalue weighted by Gasteiger charge is -2.19. The largest absolute Gasteiger partial charge is 0.481 e. The highest BCUT2D eigenvalue weighted by Gasteiger charge is 2.29. The lowest BCUT2D eigenvalue weighted by atomic mass is 9.98. The van der Waals surface area contributed by atoms with Crippen molar-refractivity contribution in [1.82, 2.24) is 5.32 Å². The third-order valence-corrected chi connectivity index (χ3v) is 6.24. The molecular weight excluding hydrogens is 444 g/mol. The molecule has 1 unspecified atom stereocenters. The molecule has 0 radical (unpaired) electrons. The molecule has 0 aliphatic heterocycles. The summed E-state index contributed by atoms with van der Waals surface area (Å²) in [4.78, 5) is 36.4. The Balaban J connectivity index is 1.38. The first-order valence-electron chi connectivity index (χ1n) is 11.7. The maximum absolute atomic E-state index is 12.9. The third-order valence-electron chi connectivity index (χ3n) is 6.24. The number of carboxylic acid groups (broad SMARTS) is 1. The van der Waals surface area contributed by atoms with E-state index in [0.717, 1.165) is 27.8 Å². The molecule has 180 valence electrons. The average molecular weight is 473 g/mol. The number of amides is 2. The van der Waals surface area contributed by atoms with Crippen LogP contribution in [0.2, 0.25) is 0 Å². The first-order chi connectivity index (χ1) is 17.0. The number of carbonyl (C=O) groups excluding carboxylic acids is 2. The number of alkyl carbamates (subject to hydrolysis) is 1. The Labute approximate surface area is 204 Å². The molecule has 3 aromatic carbocycles. The van der Waals surface area contributed by atoms with Crippen molar-refractivity contribution >= 4 is 23.7 Å². The first-order valence-corrected chi connectivity index (χ1v) is 11.7. The summed E-state index contributed by atoms with van der Waals surface area (Å²) in [6, 6.07) is 22.4. The molecule has 2 amide bonds. The summed E-state index contributed by atoms with van der Waals surface area (Å²) in [5.41, 5.74) is 5.77. The van der Waals surface area contributed by atoms with Gasteiger partial charge in [0, 0.05) is 18.0 Å². The molecule has 0 bridgehead atoms. The smallest absolute Gasteiger partial charge is 0.407 e. The van der Waals surface area contributed by atoms with Crippen molar-refractivity contribution in [1.29, 1.82) is 0 Å². The Bertz CT molecular complexity index is 1190. The van der Waals surface area contributed by atoms with Gasteiger partial charge in [-0.3, -0.25) is 9.59 Å². The van der Waals surface area contributed by atoms with Crippen LogP contribution in [0.5, 0.6) is 0 Å². The number of aryl methyl sites for hydroxylation is 1. The minimum absolute atomic E-state index is 0.0396. The SMILES string of the molecule is CCC(NC(=O)OCC1c2ccccc2-c2ccccc21)C(=O)Nc1ccccc1CCC(=O)O. The van der Waals surface area contributed by atoms with E-state index >= 15 is 0 Å². The molecule has 3 aromatic rings. The molecule has 7 nitrogen and oxygen atoms in total. The quantitative estimate of drug-likeness (QED) is 0.408. The summed E-state index contributed by atoms with van der Waals surface area (Å²) >= 11 is 0. The summed E-state index contributed by atoms with van der Waals surface area (Å²) in [7, 11) is 0. The summed E-state index contributed by atoms with van der Waals surface area (Å²) in [6.07, 6.45) is -0.0364. The van der Waals surface area contributed by atoms with Crippen LogP contribution in [0.25, 0.3) is 11.1 Å². The fourth-order valence-electron chi connectivity index (χ4n) is 4.46. The number of hydrogen-bond donors (Lipinski definition) is 3. The van der Waals surface area contributed by atoms with Gasteiger partial charge in [0.1, 0.15) is 12.6 Å². The summed E-state index contributed by atoms with van der Waals surface area (Å²) in [5, 5.41) is 14.4. The number of ether oxygens (including phenoxy) is 1. The van der Waals surface area contributed by atoms with Gasteiger partial charge in [-0.15, -0.1) is 0 Å². The highest BCUT2D eigenvalue weighted by molar-refractivity contribution is 5.97. The lowest BCUT2D eigenvalue weighted by Crippen LogP contribution is -2.44. The van der Waals surface area contributed by atoms with Crippen LogP contribution in [0.3, 0.4) is 0 Å². The Hall–Kier alpha value is -4.13. The summed E-state index contributed by atoms with van der Waals surface area (Å²) < 4.78 is 5.57. The fraction of sp³-hybridized carbons (Fsp3) is 0.250. The normalized spacial score (nSPS) is 12.8. The minimum Gasteiger partial charge on any atom is -0.481 e. The molecule has 3 N–H and O–H groups in total. The van der Waals surface area contributed by atoms with E-state index in [1.54, 1.807) is 31.2 Å². The van der Waals surface area contributed by atoms with Gasteiger partial charge in [-0.2, -0.15) is 0 Å². The Morgan fingerprint density at radius 3 is 2.14 bits per heavy atom. The van der Waals surface area contributed by atoms with E-state index in [9.17, 15) is 14.4 Å². The van der Waals surface area contributed by atoms with Crippen molar-refractivity contribution in [3.8, 4) is 11.1 Å². The number of carboxylic acids is 1. The molecule has 0 spiro atoms. The lowest BCUT2D eigenvalue weighted by molar-refractivity contribution is -0.137. The Kier molecular flexibility index (Phi) is 7.45. The molecule has 1 atom stereocenters. The van der Waals surface area contributed by atoms with Crippen molar-refractivity contribution in [2.45, 2.75) is 38.1 Å². The number of hydrogen-bond acceptors (Lipinski definition) is 4. The zero-order chi connectivity index (χ0) is 24.8. The number of anilines is 1. The molecule has 35 heavy (non-hydrogen) atoms. The van der Waals surface area contributed by atoms with E-state index in [4.69, 9.17) is 9.84 Å². The van der Waals surface area contributed by atoms with Gasteiger partial charge in [0.25, 0.3) is 0 Å². The molecule has 1 aliphatic carbocycles. The first kappa shape index (κ1) is 24.0. The highest BCUT2D eigenvalue weighted by atomic mass is 16.5. The van der Waals surface area contributed by atoms with Crippen LogP contribution in [-0.4, -0.2) is 35.7 Å². The van der Waals surface area contributed by atoms with Gasteiger partial charge in [0.05, 0.1) is 0 Å². The highest BCUT2D eigenvalue weighted by Crippen LogP contribution is 2.44. The van der Waals surface area contributed by atoms with Crippen LogP contribution in [0.1, 0.15) is 42.4 Å². The van der Waals surface area contributed by atoms with Crippen molar-refractivity contribution in [2.75, 3.05) is 11.9 Å². The summed E-state index contributed by atoms with van der Waals surface area (Å²) in [6.45, 7) is 1.96. The second-order valence-electron chi connectivity index (χ2n) is 8.47. The number of rotatable bonds is 9. The van der Waals surface area contributed by atoms with E-state index in [1.165, 1.54) is 0 Å². The average Bonchev–Trinajstić information content (AvgIpc) is 3.19. The maximum Gasteiger partial charge on any atom is 0.407 e. The van der Waals surface area contributed by atoms with E-state index in [1.807, 2.05) is 36.4 Å². The number of aliphatic carboxylic acids is 1. The van der Waals surface area contributed by atoms with Gasteiger partial charge in [-0.1, -0.05) is 73.7 Å². The summed E-state index contributed by atoms with van der Waals surface area (Å²) in [5.74, 6) is -1.36. The molecule has 7 heteroatoms. The molecule has 0 heterocycles. The maximum atomic E-state index is 12.9. The predicted molar refractivity (Wildman–Crippen MR) is 133 cm³/mol. The van der Waals surface area contributed by atoms with Crippen LogP contribution in [0.4, 0.5) is 10.5 Å².